The Balaban J connectivity index is 1.61. The summed E-state index contributed by atoms with van der Waals surface area (Å²) in [6.45, 7) is 0.205. The molecule has 7 heteroatoms. The Hall–Kier alpha value is -2.48. The number of aromatic nitrogens is 1. The third-order valence-corrected chi connectivity index (χ3v) is 6.75. The number of nitrogens with zero attached hydrogens (tertiary/aromatic N) is 1. The highest BCUT2D eigenvalue weighted by molar-refractivity contribution is 7.89. The summed E-state index contributed by atoms with van der Waals surface area (Å²) in [4.78, 5) is 11.8. The maximum absolute atomic E-state index is 12.6. The molecule has 132 valence electrons. The predicted octanol–water partition coefficient (Wildman–Crippen LogP) is 3.23. The second-order valence-corrected chi connectivity index (χ2v) is 8.82. The number of thiazole rings is 1. The number of rotatable bonds is 4. The zero-order chi connectivity index (χ0) is 18.3. The van der Waals surface area contributed by atoms with Crippen molar-refractivity contribution in [2.75, 3.05) is 0 Å². The largest absolute Gasteiger partial charge is 0.307 e. The molecule has 0 aliphatic rings. The molecule has 4 aromatic rings. The molecule has 0 aliphatic heterocycles. The zero-order valence-electron chi connectivity index (χ0n) is 14.0. The molecule has 0 radical (unpaired) electrons. The molecule has 0 bridgehead atoms. The Morgan fingerprint density at radius 2 is 1.77 bits per heavy atom. The number of sulfonamides is 1. The van der Waals surface area contributed by atoms with Crippen LogP contribution in [0.4, 0.5) is 0 Å². The maximum Gasteiger partial charge on any atom is 0.307 e. The summed E-state index contributed by atoms with van der Waals surface area (Å²) < 4.78 is 30.0. The molecule has 0 unspecified atom stereocenters. The minimum absolute atomic E-state index is 0.112. The second-order valence-electron chi connectivity index (χ2n) is 6.06. The second kappa shape index (κ2) is 6.35. The molecule has 1 heterocycles. The van der Waals surface area contributed by atoms with E-state index in [4.69, 9.17) is 0 Å². The lowest BCUT2D eigenvalue weighted by atomic mass is 10.1. The van der Waals surface area contributed by atoms with Crippen LogP contribution in [0.1, 0.15) is 5.56 Å². The van der Waals surface area contributed by atoms with Crippen LogP contribution in [0.5, 0.6) is 0 Å². The van der Waals surface area contributed by atoms with E-state index in [2.05, 4.69) is 4.72 Å². The summed E-state index contributed by atoms with van der Waals surface area (Å²) >= 11 is 1.04. The molecule has 0 saturated heterocycles. The van der Waals surface area contributed by atoms with Crippen LogP contribution in [0.15, 0.2) is 70.4 Å². The highest BCUT2D eigenvalue weighted by Crippen LogP contribution is 2.21. The molecule has 1 N–H and O–H groups in total. The summed E-state index contributed by atoms with van der Waals surface area (Å²) in [6, 6.07) is 18.5. The molecule has 0 spiro atoms. The highest BCUT2D eigenvalue weighted by atomic mass is 32.2. The third-order valence-electron chi connectivity index (χ3n) is 4.35. The normalized spacial score (nSPS) is 12.0. The number of hydrogen-bond donors (Lipinski definition) is 1. The first-order chi connectivity index (χ1) is 12.4. The van der Waals surface area contributed by atoms with Gasteiger partial charge in [0, 0.05) is 13.6 Å². The smallest absolute Gasteiger partial charge is 0.302 e. The van der Waals surface area contributed by atoms with Crippen molar-refractivity contribution in [3.8, 4) is 0 Å². The van der Waals surface area contributed by atoms with Crippen LogP contribution in [0.2, 0.25) is 0 Å². The van der Waals surface area contributed by atoms with Crippen molar-refractivity contribution in [3.05, 3.63) is 75.9 Å². The van der Waals surface area contributed by atoms with E-state index < -0.39 is 10.0 Å². The van der Waals surface area contributed by atoms with Gasteiger partial charge in [0.2, 0.25) is 10.0 Å². The van der Waals surface area contributed by atoms with Gasteiger partial charge in [-0.05, 0) is 40.6 Å². The molecule has 3 aromatic carbocycles. The standard InChI is InChI=1S/C19H16N2O3S2/c1-21-17-9-8-16(11-18(17)25-19(21)22)26(23,24)20-12-13-6-7-14-4-2-3-5-15(14)10-13/h2-11,20H,12H2,1H3. The fourth-order valence-corrected chi connectivity index (χ4v) is 4.93. The Morgan fingerprint density at radius 1 is 1.00 bits per heavy atom. The summed E-state index contributed by atoms with van der Waals surface area (Å²) in [5, 5.41) is 2.18. The lowest BCUT2D eigenvalue weighted by molar-refractivity contribution is 0.581. The summed E-state index contributed by atoms with van der Waals surface area (Å²) in [7, 11) is -1.99. The van der Waals surface area contributed by atoms with Crippen molar-refractivity contribution in [2.45, 2.75) is 11.4 Å². The van der Waals surface area contributed by atoms with Gasteiger partial charge < -0.3 is 4.57 Å². The third kappa shape index (κ3) is 3.05. The molecule has 4 rings (SSSR count). The number of hydrogen-bond acceptors (Lipinski definition) is 4. The van der Waals surface area contributed by atoms with Crippen molar-refractivity contribution in [1.29, 1.82) is 0 Å². The van der Waals surface area contributed by atoms with Crippen molar-refractivity contribution in [1.82, 2.24) is 9.29 Å². The van der Waals surface area contributed by atoms with Gasteiger partial charge in [-0.1, -0.05) is 47.7 Å². The van der Waals surface area contributed by atoms with Crippen LogP contribution < -0.4 is 9.60 Å². The maximum atomic E-state index is 12.6. The van der Waals surface area contributed by atoms with Gasteiger partial charge in [0.1, 0.15) is 0 Å². The van der Waals surface area contributed by atoms with Gasteiger partial charge in [-0.3, -0.25) is 4.79 Å². The Morgan fingerprint density at radius 3 is 2.58 bits per heavy atom. The zero-order valence-corrected chi connectivity index (χ0v) is 15.6. The van der Waals surface area contributed by atoms with E-state index in [9.17, 15) is 13.2 Å². The van der Waals surface area contributed by atoms with Crippen molar-refractivity contribution in [2.24, 2.45) is 7.05 Å². The molecule has 0 fully saturated rings. The SMILES string of the molecule is Cn1c(=O)sc2cc(S(=O)(=O)NCc3ccc4ccccc4c3)ccc21. The fourth-order valence-electron chi connectivity index (χ4n) is 2.89. The van der Waals surface area contributed by atoms with E-state index in [0.717, 1.165) is 33.2 Å². The average Bonchev–Trinajstić information content (AvgIpc) is 2.93. The van der Waals surface area contributed by atoms with Crippen LogP contribution in [-0.4, -0.2) is 13.0 Å². The summed E-state index contributed by atoms with van der Waals surface area (Å²) in [6.07, 6.45) is 0. The molecular weight excluding hydrogens is 368 g/mol. The average molecular weight is 384 g/mol. The molecule has 1 aromatic heterocycles. The van der Waals surface area contributed by atoms with E-state index in [1.54, 1.807) is 19.2 Å². The first kappa shape index (κ1) is 17.0. The summed E-state index contributed by atoms with van der Waals surface area (Å²) in [5.41, 5.74) is 1.62. The van der Waals surface area contributed by atoms with Gasteiger partial charge in [0.05, 0.1) is 15.1 Å². The quantitative estimate of drug-likeness (QED) is 0.587. The first-order valence-electron chi connectivity index (χ1n) is 8.01. The topological polar surface area (TPSA) is 68.2 Å². The molecule has 26 heavy (non-hydrogen) atoms. The van der Waals surface area contributed by atoms with Crippen LogP contribution in [-0.2, 0) is 23.6 Å². The number of aryl methyl sites for hydroxylation is 1. The number of nitrogens with one attached hydrogen (secondary N) is 1. The molecule has 0 aliphatic carbocycles. The van der Waals surface area contributed by atoms with Crippen LogP contribution in [0, 0.1) is 0 Å². The predicted molar refractivity (Wildman–Crippen MR) is 105 cm³/mol. The monoisotopic (exact) mass is 384 g/mol. The van der Waals surface area contributed by atoms with E-state index in [1.807, 2.05) is 42.5 Å². The van der Waals surface area contributed by atoms with E-state index in [-0.39, 0.29) is 16.3 Å². The molecule has 0 atom stereocenters. The summed E-state index contributed by atoms with van der Waals surface area (Å²) in [5.74, 6) is 0. The van der Waals surface area contributed by atoms with E-state index >= 15 is 0 Å². The lowest BCUT2D eigenvalue weighted by Crippen LogP contribution is -2.23. The van der Waals surface area contributed by atoms with Crippen LogP contribution in [0.25, 0.3) is 21.0 Å². The molecule has 5 nitrogen and oxygen atoms in total. The van der Waals surface area contributed by atoms with Gasteiger partial charge in [-0.15, -0.1) is 0 Å². The minimum atomic E-state index is -3.66. The van der Waals surface area contributed by atoms with Crippen molar-refractivity contribution < 1.29 is 8.42 Å². The molecular formula is C19H16N2O3S2. The minimum Gasteiger partial charge on any atom is -0.302 e. The van der Waals surface area contributed by atoms with E-state index in [1.165, 1.54) is 10.6 Å². The Bertz CT molecular complexity index is 1290. The van der Waals surface area contributed by atoms with Crippen molar-refractivity contribution in [3.63, 3.8) is 0 Å². The first-order valence-corrected chi connectivity index (χ1v) is 10.3. The van der Waals surface area contributed by atoms with Gasteiger partial charge in [0.25, 0.3) is 0 Å². The Labute approximate surface area is 154 Å². The van der Waals surface area contributed by atoms with Gasteiger partial charge in [0.15, 0.2) is 0 Å². The van der Waals surface area contributed by atoms with Crippen LogP contribution in [0.3, 0.4) is 0 Å². The lowest BCUT2D eigenvalue weighted by Gasteiger charge is -2.08. The Kier molecular flexibility index (Phi) is 4.14. The van der Waals surface area contributed by atoms with Gasteiger partial charge >= 0.3 is 4.87 Å². The molecule has 0 amide bonds. The van der Waals surface area contributed by atoms with Gasteiger partial charge in [-0.25, -0.2) is 13.1 Å². The molecule has 0 saturated carbocycles. The van der Waals surface area contributed by atoms with Crippen LogP contribution >= 0.6 is 11.3 Å². The highest BCUT2D eigenvalue weighted by Gasteiger charge is 2.16. The van der Waals surface area contributed by atoms with Gasteiger partial charge in [-0.2, -0.15) is 0 Å². The van der Waals surface area contributed by atoms with E-state index in [0.29, 0.717) is 4.70 Å². The number of fused-ring (bicyclic) bond motifs is 2. The fraction of sp³-hybridized carbons (Fsp3) is 0.105. The number of benzene rings is 3. The van der Waals surface area contributed by atoms with Crippen molar-refractivity contribution >= 4 is 42.3 Å².